The lowest BCUT2D eigenvalue weighted by atomic mass is 10.1. The summed E-state index contributed by atoms with van der Waals surface area (Å²) in [5, 5.41) is 11.7. The van der Waals surface area contributed by atoms with Gasteiger partial charge in [-0.3, -0.25) is 4.79 Å². The van der Waals surface area contributed by atoms with E-state index in [0.717, 1.165) is 12.7 Å². The number of carbonyl (C=O) groups is 2. The Labute approximate surface area is 127 Å². The zero-order valence-electron chi connectivity index (χ0n) is 12.4. The molecule has 1 aromatic rings. The van der Waals surface area contributed by atoms with E-state index >= 15 is 0 Å². The molecule has 22 heavy (non-hydrogen) atoms. The number of carbonyl (C=O) groups excluding carboxylic acids is 2. The van der Waals surface area contributed by atoms with Crippen LogP contribution in [0.1, 0.15) is 18.9 Å². The molecule has 1 aromatic carbocycles. The number of rotatable bonds is 7. The lowest BCUT2D eigenvalue weighted by molar-refractivity contribution is -0.147. The van der Waals surface area contributed by atoms with Gasteiger partial charge in [0.2, 0.25) is 11.8 Å². The maximum atomic E-state index is 12.8. The van der Waals surface area contributed by atoms with E-state index < -0.39 is 36.4 Å². The van der Waals surface area contributed by atoms with Crippen LogP contribution in [0.2, 0.25) is 0 Å². The third-order valence-corrected chi connectivity index (χ3v) is 2.94. The number of methoxy groups -OCH3 is 1. The highest BCUT2D eigenvalue weighted by atomic mass is 19.3. The van der Waals surface area contributed by atoms with Crippen LogP contribution < -0.4 is 5.32 Å². The predicted molar refractivity (Wildman–Crippen MR) is 75.3 cm³/mol. The van der Waals surface area contributed by atoms with Crippen LogP contribution in [0.25, 0.3) is 0 Å². The Balaban J connectivity index is 2.73. The summed E-state index contributed by atoms with van der Waals surface area (Å²) < 4.78 is 30.2. The van der Waals surface area contributed by atoms with Crippen molar-refractivity contribution in [3.05, 3.63) is 35.9 Å². The summed E-state index contributed by atoms with van der Waals surface area (Å²) in [4.78, 5) is 23.4. The molecule has 0 radical (unpaired) electrons. The molecule has 1 rings (SSSR count). The number of benzene rings is 1. The average Bonchev–Trinajstić information content (AvgIpc) is 2.45. The van der Waals surface area contributed by atoms with E-state index in [1.54, 1.807) is 30.3 Å². The van der Waals surface area contributed by atoms with Crippen LogP contribution >= 0.6 is 0 Å². The summed E-state index contributed by atoms with van der Waals surface area (Å²) in [6, 6.07) is 7.76. The number of ether oxygens (including phenoxy) is 1. The molecule has 0 spiro atoms. The fourth-order valence-corrected chi connectivity index (χ4v) is 1.89. The quantitative estimate of drug-likeness (QED) is 0.744. The molecule has 0 unspecified atom stereocenters. The molecule has 0 aliphatic heterocycles. The van der Waals surface area contributed by atoms with Gasteiger partial charge in [-0.05, 0) is 12.5 Å². The van der Waals surface area contributed by atoms with E-state index in [2.05, 4.69) is 10.1 Å². The summed E-state index contributed by atoms with van der Waals surface area (Å²) >= 11 is 0. The van der Waals surface area contributed by atoms with Gasteiger partial charge in [-0.2, -0.15) is 0 Å². The summed E-state index contributed by atoms with van der Waals surface area (Å²) in [5.74, 6) is -4.93. The molecule has 0 aromatic heterocycles. The van der Waals surface area contributed by atoms with Crippen LogP contribution in [0.15, 0.2) is 30.3 Å². The Bertz CT molecular complexity index is 502. The van der Waals surface area contributed by atoms with E-state index in [1.807, 2.05) is 0 Å². The molecule has 1 amide bonds. The van der Waals surface area contributed by atoms with Gasteiger partial charge in [0.25, 0.3) is 0 Å². The summed E-state index contributed by atoms with van der Waals surface area (Å²) in [5.41, 5.74) is 0.758. The maximum Gasteiger partial charge on any atom is 0.328 e. The molecule has 0 saturated carbocycles. The van der Waals surface area contributed by atoms with Crippen molar-refractivity contribution in [3.63, 3.8) is 0 Å². The molecule has 0 fully saturated rings. The van der Waals surface area contributed by atoms with Gasteiger partial charge in [0.15, 0.2) is 0 Å². The van der Waals surface area contributed by atoms with Crippen molar-refractivity contribution in [3.8, 4) is 0 Å². The van der Waals surface area contributed by atoms with Crippen molar-refractivity contribution in [1.82, 2.24) is 5.32 Å². The first-order valence-corrected chi connectivity index (χ1v) is 6.71. The van der Waals surface area contributed by atoms with Gasteiger partial charge < -0.3 is 15.2 Å². The molecular formula is C15H19F2NO4. The van der Waals surface area contributed by atoms with E-state index in [-0.39, 0.29) is 6.42 Å². The topological polar surface area (TPSA) is 75.6 Å². The Morgan fingerprint density at radius 1 is 1.32 bits per heavy atom. The molecule has 5 nitrogen and oxygen atoms in total. The maximum absolute atomic E-state index is 12.8. The molecule has 7 heteroatoms. The molecule has 122 valence electrons. The minimum Gasteiger partial charge on any atom is -0.467 e. The van der Waals surface area contributed by atoms with Gasteiger partial charge in [0, 0.05) is 12.8 Å². The zero-order valence-corrected chi connectivity index (χ0v) is 12.4. The molecule has 2 N–H and O–H groups in total. The number of esters is 1. The highest BCUT2D eigenvalue weighted by molar-refractivity contribution is 5.87. The largest absolute Gasteiger partial charge is 0.467 e. The van der Waals surface area contributed by atoms with Crippen molar-refractivity contribution < 1.29 is 28.2 Å². The van der Waals surface area contributed by atoms with Gasteiger partial charge in [0.1, 0.15) is 12.1 Å². The van der Waals surface area contributed by atoms with Gasteiger partial charge in [-0.1, -0.05) is 30.3 Å². The molecule has 0 aliphatic carbocycles. The number of amides is 1. The van der Waals surface area contributed by atoms with Gasteiger partial charge >= 0.3 is 5.97 Å². The highest BCUT2D eigenvalue weighted by Crippen LogP contribution is 2.19. The van der Waals surface area contributed by atoms with Crippen molar-refractivity contribution >= 4 is 11.9 Å². The first-order valence-electron chi connectivity index (χ1n) is 6.71. The first kappa shape index (κ1) is 18.0. The second kappa shape index (κ2) is 7.84. The minimum absolute atomic E-state index is 0.133. The van der Waals surface area contributed by atoms with Gasteiger partial charge in [-0.15, -0.1) is 0 Å². The van der Waals surface area contributed by atoms with Crippen LogP contribution in [0.5, 0.6) is 0 Å². The monoisotopic (exact) mass is 315 g/mol. The summed E-state index contributed by atoms with van der Waals surface area (Å²) in [7, 11) is 1.16. The normalized spacial score (nSPS) is 14.0. The average molecular weight is 315 g/mol. The van der Waals surface area contributed by atoms with Crippen LogP contribution in [0.4, 0.5) is 8.78 Å². The Hall–Kier alpha value is -2.02. The van der Waals surface area contributed by atoms with Crippen LogP contribution in [-0.4, -0.2) is 42.2 Å². The smallest absolute Gasteiger partial charge is 0.328 e. The van der Waals surface area contributed by atoms with Crippen LogP contribution in [-0.2, 0) is 20.7 Å². The Morgan fingerprint density at radius 2 is 1.91 bits per heavy atom. The highest BCUT2D eigenvalue weighted by Gasteiger charge is 2.32. The Morgan fingerprint density at radius 3 is 2.41 bits per heavy atom. The second-order valence-electron chi connectivity index (χ2n) is 5.06. The standard InChI is InChI=1S/C15H19F2NO4/c1-15(16,17)9-12(19)13(20)18-11(14(21)22-2)8-10-6-4-3-5-7-10/h3-7,11-12,19H,8-9H2,1-2H3,(H,18,20)/t11-,12-/m0/s1. The second-order valence-corrected chi connectivity index (χ2v) is 5.06. The van der Waals surface area contributed by atoms with E-state index in [0.29, 0.717) is 6.92 Å². The number of alkyl halides is 2. The van der Waals surface area contributed by atoms with Gasteiger partial charge in [-0.25, -0.2) is 13.6 Å². The molecule has 0 bridgehead atoms. The van der Waals surface area contributed by atoms with E-state index in [9.17, 15) is 23.5 Å². The lowest BCUT2D eigenvalue weighted by Gasteiger charge is -2.20. The molecule has 0 heterocycles. The van der Waals surface area contributed by atoms with Crippen LogP contribution in [0.3, 0.4) is 0 Å². The number of nitrogens with one attached hydrogen (secondary N) is 1. The van der Waals surface area contributed by atoms with Crippen molar-refractivity contribution in [2.75, 3.05) is 7.11 Å². The number of hydrogen-bond donors (Lipinski definition) is 2. The fourth-order valence-electron chi connectivity index (χ4n) is 1.89. The molecule has 0 saturated heterocycles. The number of aliphatic hydroxyl groups excluding tert-OH is 1. The molecule has 0 aliphatic rings. The lowest BCUT2D eigenvalue weighted by Crippen LogP contribution is -2.48. The first-order chi connectivity index (χ1) is 10.2. The predicted octanol–water partition coefficient (Wildman–Crippen LogP) is 1.29. The molecule has 2 atom stereocenters. The zero-order chi connectivity index (χ0) is 16.8. The summed E-state index contributed by atoms with van der Waals surface area (Å²) in [6.45, 7) is 0.602. The van der Waals surface area contributed by atoms with Crippen molar-refractivity contribution in [2.24, 2.45) is 0 Å². The number of halogens is 2. The number of hydrogen-bond acceptors (Lipinski definition) is 4. The third kappa shape index (κ3) is 6.17. The fraction of sp³-hybridized carbons (Fsp3) is 0.467. The Kier molecular flexibility index (Phi) is 6.42. The van der Waals surface area contributed by atoms with E-state index in [1.165, 1.54) is 0 Å². The van der Waals surface area contributed by atoms with Gasteiger partial charge in [0.05, 0.1) is 7.11 Å². The summed E-state index contributed by atoms with van der Waals surface area (Å²) in [6.07, 6.45) is -2.78. The molecular weight excluding hydrogens is 296 g/mol. The van der Waals surface area contributed by atoms with Crippen molar-refractivity contribution in [1.29, 1.82) is 0 Å². The minimum atomic E-state index is -3.18. The van der Waals surface area contributed by atoms with E-state index in [4.69, 9.17) is 0 Å². The third-order valence-electron chi connectivity index (χ3n) is 2.94. The number of aliphatic hydroxyl groups is 1. The SMILES string of the molecule is COC(=O)[C@H](Cc1ccccc1)NC(=O)[C@@H](O)CC(C)(F)F. The van der Waals surface area contributed by atoms with Crippen molar-refractivity contribution in [2.45, 2.75) is 37.8 Å². The van der Waals surface area contributed by atoms with Crippen LogP contribution in [0, 0.1) is 0 Å².